The van der Waals surface area contributed by atoms with Crippen LogP contribution in [0.15, 0.2) is 55.0 Å². The number of rotatable bonds is 7. The van der Waals surface area contributed by atoms with Gasteiger partial charge in [-0.2, -0.15) is 0 Å². The first-order valence-electron chi connectivity index (χ1n) is 12.1. The second kappa shape index (κ2) is 8.78. The lowest BCUT2D eigenvalue weighted by molar-refractivity contribution is 0.0768. The second-order valence-corrected chi connectivity index (χ2v) is 10.7. The van der Waals surface area contributed by atoms with Crippen molar-refractivity contribution < 1.29 is 4.79 Å². The summed E-state index contributed by atoms with van der Waals surface area (Å²) < 4.78 is 0. The molecule has 3 aromatic rings. The van der Waals surface area contributed by atoms with Gasteiger partial charge in [0.05, 0.1) is 18.4 Å². The molecule has 1 aliphatic heterocycles. The molecule has 1 aliphatic carbocycles. The van der Waals surface area contributed by atoms with Gasteiger partial charge in [-0.3, -0.25) is 4.79 Å². The average Bonchev–Trinajstić information content (AvgIpc) is 3.19. The van der Waals surface area contributed by atoms with Crippen molar-refractivity contribution in [3.63, 3.8) is 0 Å². The Hall–Kier alpha value is -3.35. The molecule has 7 heteroatoms. The standard InChI is InChI=1S/C27H34N6O/c1-27(2,3)19-7-5-18(6-8-19)26(34)33-15-22-21(23(22)16-33)14-30-20-9-10-25(31-13-20)32(4)17-24-28-11-12-29-24/h5-13,21-23,30H,14-17H2,1-4H3,(H,28,29). The quantitative estimate of drug-likeness (QED) is 0.556. The van der Waals surface area contributed by atoms with Crippen molar-refractivity contribution in [2.75, 3.05) is 36.9 Å². The minimum Gasteiger partial charge on any atom is -0.383 e. The molecule has 5 rings (SSSR count). The van der Waals surface area contributed by atoms with Crippen LogP contribution in [0, 0.1) is 17.8 Å². The van der Waals surface area contributed by atoms with E-state index in [1.165, 1.54) is 5.56 Å². The molecule has 1 saturated heterocycles. The molecule has 2 unspecified atom stereocenters. The maximum atomic E-state index is 12.9. The summed E-state index contributed by atoms with van der Waals surface area (Å²) >= 11 is 0. The van der Waals surface area contributed by atoms with E-state index in [4.69, 9.17) is 0 Å². The monoisotopic (exact) mass is 458 g/mol. The van der Waals surface area contributed by atoms with Crippen molar-refractivity contribution in [3.05, 3.63) is 71.9 Å². The van der Waals surface area contributed by atoms with E-state index < -0.39 is 0 Å². The third-order valence-electron chi connectivity index (χ3n) is 7.28. The van der Waals surface area contributed by atoms with Crippen LogP contribution in [0.25, 0.3) is 0 Å². The maximum Gasteiger partial charge on any atom is 0.253 e. The van der Waals surface area contributed by atoms with Crippen LogP contribution in [0.2, 0.25) is 0 Å². The normalized spacial score (nSPS) is 21.3. The third kappa shape index (κ3) is 4.65. The number of aromatic nitrogens is 3. The molecule has 2 atom stereocenters. The zero-order valence-electron chi connectivity index (χ0n) is 20.5. The van der Waals surface area contributed by atoms with Crippen LogP contribution in [-0.4, -0.2) is 52.4 Å². The number of hydrogen-bond donors (Lipinski definition) is 2. The van der Waals surface area contributed by atoms with Gasteiger partial charge in [-0.15, -0.1) is 0 Å². The lowest BCUT2D eigenvalue weighted by Crippen LogP contribution is -2.32. The average molecular weight is 459 g/mol. The highest BCUT2D eigenvalue weighted by atomic mass is 16.2. The van der Waals surface area contributed by atoms with Crippen LogP contribution in [0.4, 0.5) is 11.5 Å². The minimum absolute atomic E-state index is 0.1000. The Bertz CT molecular complexity index is 1110. The van der Waals surface area contributed by atoms with E-state index in [1.54, 1.807) is 6.20 Å². The summed E-state index contributed by atoms with van der Waals surface area (Å²) in [6.07, 6.45) is 5.48. The molecule has 2 aliphatic rings. The van der Waals surface area contributed by atoms with Crippen LogP contribution in [0.5, 0.6) is 0 Å². The molecule has 2 fully saturated rings. The van der Waals surface area contributed by atoms with E-state index in [0.29, 0.717) is 24.3 Å². The van der Waals surface area contributed by atoms with E-state index in [0.717, 1.165) is 42.5 Å². The van der Waals surface area contributed by atoms with Crippen molar-refractivity contribution in [3.8, 4) is 0 Å². The van der Waals surface area contributed by atoms with Gasteiger partial charge in [0.1, 0.15) is 11.6 Å². The van der Waals surface area contributed by atoms with Crippen molar-refractivity contribution in [1.29, 1.82) is 0 Å². The van der Waals surface area contributed by atoms with Crippen molar-refractivity contribution in [2.45, 2.75) is 32.7 Å². The van der Waals surface area contributed by atoms with E-state index in [2.05, 4.69) is 64.1 Å². The highest BCUT2D eigenvalue weighted by Gasteiger charge is 2.56. The number of carbonyl (C=O) groups is 1. The molecule has 3 heterocycles. The Kier molecular flexibility index (Phi) is 5.80. The van der Waals surface area contributed by atoms with Gasteiger partial charge in [0.2, 0.25) is 0 Å². The minimum atomic E-state index is 0.1000. The molecule has 1 amide bonds. The molecule has 0 bridgehead atoms. The molecule has 0 spiro atoms. The first kappa shape index (κ1) is 22.4. The zero-order chi connectivity index (χ0) is 23.9. The summed E-state index contributed by atoms with van der Waals surface area (Å²) in [6.45, 7) is 9.93. The van der Waals surface area contributed by atoms with Gasteiger partial charge in [-0.05, 0) is 53.0 Å². The molecule has 2 aromatic heterocycles. The lowest BCUT2D eigenvalue weighted by Gasteiger charge is -2.22. The van der Waals surface area contributed by atoms with Crippen molar-refractivity contribution in [1.82, 2.24) is 19.9 Å². The van der Waals surface area contributed by atoms with E-state index in [-0.39, 0.29) is 11.3 Å². The topological polar surface area (TPSA) is 77.2 Å². The molecular formula is C27H34N6O. The molecule has 7 nitrogen and oxygen atoms in total. The number of pyridine rings is 1. The van der Waals surface area contributed by atoms with Crippen molar-refractivity contribution >= 4 is 17.4 Å². The lowest BCUT2D eigenvalue weighted by atomic mass is 9.86. The fourth-order valence-electron chi connectivity index (χ4n) is 5.06. The first-order valence-corrected chi connectivity index (χ1v) is 12.1. The van der Waals surface area contributed by atoms with Gasteiger partial charge in [0, 0.05) is 44.6 Å². The summed E-state index contributed by atoms with van der Waals surface area (Å²) in [5.41, 5.74) is 3.19. The number of benzene rings is 1. The number of imidazole rings is 1. The third-order valence-corrected chi connectivity index (χ3v) is 7.28. The summed E-state index contributed by atoms with van der Waals surface area (Å²) in [7, 11) is 2.01. The highest BCUT2D eigenvalue weighted by Crippen LogP contribution is 2.51. The van der Waals surface area contributed by atoms with Gasteiger partial charge in [-0.1, -0.05) is 32.9 Å². The largest absolute Gasteiger partial charge is 0.383 e. The molecule has 1 saturated carbocycles. The number of fused-ring (bicyclic) bond motifs is 1. The number of nitrogens with one attached hydrogen (secondary N) is 2. The Morgan fingerprint density at radius 3 is 2.44 bits per heavy atom. The first-order chi connectivity index (χ1) is 16.3. The van der Waals surface area contributed by atoms with Gasteiger partial charge in [0.15, 0.2) is 0 Å². The Balaban J connectivity index is 1.08. The number of aromatic amines is 1. The molecule has 178 valence electrons. The number of likely N-dealkylation sites (tertiary alicyclic amines) is 1. The fourth-order valence-corrected chi connectivity index (χ4v) is 5.06. The number of carbonyl (C=O) groups excluding carboxylic acids is 1. The van der Waals surface area contributed by atoms with Gasteiger partial charge in [0.25, 0.3) is 5.91 Å². The van der Waals surface area contributed by atoms with Gasteiger partial charge >= 0.3 is 0 Å². The van der Waals surface area contributed by atoms with Crippen LogP contribution >= 0.6 is 0 Å². The maximum absolute atomic E-state index is 12.9. The highest BCUT2D eigenvalue weighted by molar-refractivity contribution is 5.94. The number of amides is 1. The van der Waals surface area contributed by atoms with E-state index in [9.17, 15) is 4.79 Å². The Labute approximate surface area is 201 Å². The summed E-state index contributed by atoms with van der Waals surface area (Å²) in [6, 6.07) is 12.2. The number of piperidine rings is 1. The van der Waals surface area contributed by atoms with Crippen molar-refractivity contribution in [2.24, 2.45) is 17.8 Å². The number of H-pyrrole nitrogens is 1. The van der Waals surface area contributed by atoms with Gasteiger partial charge < -0.3 is 20.1 Å². The number of hydrogen-bond acceptors (Lipinski definition) is 5. The SMILES string of the molecule is CN(Cc1ncc[nH]1)c1ccc(NCC2C3CN(C(=O)c4ccc(C(C)(C)C)cc4)CC23)cn1. The zero-order valence-corrected chi connectivity index (χ0v) is 20.5. The molecule has 0 radical (unpaired) electrons. The van der Waals surface area contributed by atoms with Crippen LogP contribution in [0.1, 0.15) is 42.5 Å². The smallest absolute Gasteiger partial charge is 0.253 e. The molecule has 34 heavy (non-hydrogen) atoms. The predicted octanol–water partition coefficient (Wildman–Crippen LogP) is 4.17. The molecule has 1 aromatic carbocycles. The summed E-state index contributed by atoms with van der Waals surface area (Å²) in [5.74, 6) is 3.84. The van der Waals surface area contributed by atoms with E-state index in [1.807, 2.05) is 42.5 Å². The van der Waals surface area contributed by atoms with Crippen LogP contribution in [0.3, 0.4) is 0 Å². The van der Waals surface area contributed by atoms with Crippen LogP contribution < -0.4 is 10.2 Å². The number of anilines is 2. The number of nitrogens with zero attached hydrogens (tertiary/aromatic N) is 4. The second-order valence-electron chi connectivity index (χ2n) is 10.7. The Morgan fingerprint density at radius 1 is 1.12 bits per heavy atom. The Morgan fingerprint density at radius 2 is 1.85 bits per heavy atom. The van der Waals surface area contributed by atoms with Gasteiger partial charge in [-0.25, -0.2) is 9.97 Å². The fraction of sp³-hybridized carbons (Fsp3) is 0.444. The summed E-state index contributed by atoms with van der Waals surface area (Å²) in [4.78, 5) is 29.0. The molecule has 2 N–H and O–H groups in total. The van der Waals surface area contributed by atoms with Crippen LogP contribution in [-0.2, 0) is 12.0 Å². The predicted molar refractivity (Wildman–Crippen MR) is 135 cm³/mol. The van der Waals surface area contributed by atoms with E-state index >= 15 is 0 Å². The molecular weight excluding hydrogens is 424 g/mol. The summed E-state index contributed by atoms with van der Waals surface area (Å²) in [5, 5.41) is 3.54.